The summed E-state index contributed by atoms with van der Waals surface area (Å²) in [5.74, 6) is 1.18. The van der Waals surface area contributed by atoms with Gasteiger partial charge in [-0.15, -0.1) is 0 Å². The van der Waals surface area contributed by atoms with Gasteiger partial charge in [0, 0.05) is 31.0 Å². The van der Waals surface area contributed by atoms with Crippen LogP contribution in [-0.4, -0.2) is 51.8 Å². The normalized spacial score (nSPS) is 19.1. The fourth-order valence-corrected chi connectivity index (χ4v) is 2.55. The molecule has 1 atom stereocenters. The number of aliphatic hydroxyl groups excluding tert-OH is 1. The van der Waals surface area contributed by atoms with E-state index in [1.54, 1.807) is 0 Å². The smallest absolute Gasteiger partial charge is 0.122 e. The predicted octanol–water partition coefficient (Wildman–Crippen LogP) is 0.839. The van der Waals surface area contributed by atoms with E-state index in [-0.39, 0.29) is 12.1 Å². The largest absolute Gasteiger partial charge is 0.394 e. The van der Waals surface area contributed by atoms with E-state index < -0.39 is 0 Å². The Labute approximate surface area is 115 Å². The highest BCUT2D eigenvalue weighted by molar-refractivity contribution is 4.95. The van der Waals surface area contributed by atoms with Crippen LogP contribution in [-0.2, 0) is 13.1 Å². The predicted molar refractivity (Wildman–Crippen MR) is 75.9 cm³/mol. The molecule has 1 aliphatic rings. The molecule has 0 spiro atoms. The number of hydrogen-bond acceptors (Lipinski definition) is 4. The van der Waals surface area contributed by atoms with E-state index in [0.29, 0.717) is 0 Å². The van der Waals surface area contributed by atoms with E-state index >= 15 is 0 Å². The summed E-state index contributed by atoms with van der Waals surface area (Å²) in [5, 5.41) is 12.5. The average molecular weight is 266 g/mol. The van der Waals surface area contributed by atoms with Crippen LogP contribution in [0.15, 0.2) is 12.4 Å². The minimum absolute atomic E-state index is 0.127. The standard InChI is InChI=1S/C14H26N4O/c1-14(12-19,15-2)5-3-4-7-17-9-10-18-8-6-16-13(18)11-17/h6,8,15,19H,3-5,7,9-12H2,1-2H3. The highest BCUT2D eigenvalue weighted by Crippen LogP contribution is 2.15. The molecule has 1 unspecified atom stereocenters. The van der Waals surface area contributed by atoms with Gasteiger partial charge in [0.15, 0.2) is 0 Å². The molecular formula is C14H26N4O. The maximum Gasteiger partial charge on any atom is 0.122 e. The maximum absolute atomic E-state index is 9.33. The summed E-state index contributed by atoms with van der Waals surface area (Å²) in [6, 6.07) is 0. The second-order valence-corrected chi connectivity index (χ2v) is 5.74. The van der Waals surface area contributed by atoms with E-state index in [0.717, 1.165) is 39.0 Å². The molecule has 1 aromatic heterocycles. The molecule has 108 valence electrons. The zero-order valence-corrected chi connectivity index (χ0v) is 12.1. The molecule has 5 nitrogen and oxygen atoms in total. The quantitative estimate of drug-likeness (QED) is 0.718. The van der Waals surface area contributed by atoms with Crippen molar-refractivity contribution in [3.63, 3.8) is 0 Å². The summed E-state index contributed by atoms with van der Waals surface area (Å²) in [6.07, 6.45) is 7.29. The first-order chi connectivity index (χ1) is 9.17. The Morgan fingerprint density at radius 2 is 2.26 bits per heavy atom. The zero-order valence-electron chi connectivity index (χ0n) is 12.1. The zero-order chi connectivity index (χ0) is 13.7. The second kappa shape index (κ2) is 6.50. The van der Waals surface area contributed by atoms with Crippen molar-refractivity contribution < 1.29 is 5.11 Å². The lowest BCUT2D eigenvalue weighted by atomic mass is 9.96. The molecule has 19 heavy (non-hydrogen) atoms. The van der Waals surface area contributed by atoms with Gasteiger partial charge in [-0.25, -0.2) is 4.98 Å². The highest BCUT2D eigenvalue weighted by atomic mass is 16.3. The third-order valence-corrected chi connectivity index (χ3v) is 4.23. The molecule has 2 N–H and O–H groups in total. The van der Waals surface area contributed by atoms with E-state index in [1.807, 2.05) is 13.2 Å². The first kappa shape index (κ1) is 14.5. The second-order valence-electron chi connectivity index (χ2n) is 5.74. The minimum Gasteiger partial charge on any atom is -0.394 e. The van der Waals surface area contributed by atoms with Gasteiger partial charge < -0.3 is 15.0 Å². The van der Waals surface area contributed by atoms with E-state index in [9.17, 15) is 5.11 Å². The summed E-state index contributed by atoms with van der Waals surface area (Å²) in [7, 11) is 1.92. The van der Waals surface area contributed by atoms with Crippen LogP contribution in [0.3, 0.4) is 0 Å². The summed E-state index contributed by atoms with van der Waals surface area (Å²) >= 11 is 0. The summed E-state index contributed by atoms with van der Waals surface area (Å²) in [6.45, 7) is 6.54. The lowest BCUT2D eigenvalue weighted by Gasteiger charge is -2.29. The monoisotopic (exact) mass is 266 g/mol. The molecule has 0 amide bonds. The molecule has 0 aliphatic carbocycles. The van der Waals surface area contributed by atoms with E-state index in [1.165, 1.54) is 12.2 Å². The van der Waals surface area contributed by atoms with Gasteiger partial charge in [-0.2, -0.15) is 0 Å². The Morgan fingerprint density at radius 3 is 3.00 bits per heavy atom. The van der Waals surface area contributed by atoms with Crippen LogP contribution in [0, 0.1) is 0 Å². The van der Waals surface area contributed by atoms with Crippen molar-refractivity contribution in [1.29, 1.82) is 0 Å². The number of aromatic nitrogens is 2. The SMILES string of the molecule is CNC(C)(CO)CCCCN1CCn2ccnc2C1. The van der Waals surface area contributed by atoms with Crippen LogP contribution < -0.4 is 5.32 Å². The average Bonchev–Trinajstić information content (AvgIpc) is 2.91. The van der Waals surface area contributed by atoms with Gasteiger partial charge >= 0.3 is 0 Å². The lowest BCUT2D eigenvalue weighted by Crippen LogP contribution is -2.43. The van der Waals surface area contributed by atoms with Crippen molar-refractivity contribution in [2.75, 3.05) is 26.7 Å². The van der Waals surface area contributed by atoms with Gasteiger partial charge in [0.2, 0.25) is 0 Å². The minimum atomic E-state index is -0.127. The van der Waals surface area contributed by atoms with Gasteiger partial charge in [0.1, 0.15) is 5.82 Å². The summed E-state index contributed by atoms with van der Waals surface area (Å²) in [5.41, 5.74) is -0.127. The number of nitrogens with zero attached hydrogens (tertiary/aromatic N) is 3. The molecule has 0 aromatic carbocycles. The Bertz CT molecular complexity index is 387. The van der Waals surface area contributed by atoms with Crippen LogP contribution in [0.5, 0.6) is 0 Å². The van der Waals surface area contributed by atoms with E-state index in [4.69, 9.17) is 0 Å². The van der Waals surface area contributed by atoms with Gasteiger partial charge in [0.25, 0.3) is 0 Å². The summed E-state index contributed by atoms with van der Waals surface area (Å²) in [4.78, 5) is 6.85. The number of hydrogen-bond donors (Lipinski definition) is 2. The van der Waals surface area contributed by atoms with Crippen LogP contribution in [0.25, 0.3) is 0 Å². The molecule has 5 heteroatoms. The van der Waals surface area contributed by atoms with E-state index in [2.05, 4.69) is 32.9 Å². The van der Waals surface area contributed by atoms with Gasteiger partial charge in [-0.1, -0.05) is 6.42 Å². The molecule has 0 saturated carbocycles. The molecule has 0 fully saturated rings. The van der Waals surface area contributed by atoms with Gasteiger partial charge in [-0.3, -0.25) is 4.90 Å². The van der Waals surface area contributed by atoms with Gasteiger partial charge in [-0.05, 0) is 33.4 Å². The Kier molecular flexibility index (Phi) is 4.96. The van der Waals surface area contributed by atoms with Crippen molar-refractivity contribution >= 4 is 0 Å². The van der Waals surface area contributed by atoms with Crippen LogP contribution in [0.4, 0.5) is 0 Å². The number of fused-ring (bicyclic) bond motifs is 1. The molecule has 1 aromatic rings. The molecule has 0 saturated heterocycles. The molecular weight excluding hydrogens is 240 g/mol. The Hall–Kier alpha value is -0.910. The van der Waals surface area contributed by atoms with Crippen molar-refractivity contribution in [1.82, 2.24) is 19.8 Å². The number of aliphatic hydroxyl groups is 1. The third kappa shape index (κ3) is 3.78. The lowest BCUT2D eigenvalue weighted by molar-refractivity contribution is 0.165. The number of rotatable bonds is 7. The third-order valence-electron chi connectivity index (χ3n) is 4.23. The first-order valence-electron chi connectivity index (χ1n) is 7.19. The van der Waals surface area contributed by atoms with Crippen LogP contribution in [0.2, 0.25) is 0 Å². The molecule has 0 bridgehead atoms. The number of imidazole rings is 1. The van der Waals surface area contributed by atoms with Crippen LogP contribution >= 0.6 is 0 Å². The maximum atomic E-state index is 9.33. The topological polar surface area (TPSA) is 53.3 Å². The number of nitrogens with one attached hydrogen (secondary N) is 1. The molecule has 2 heterocycles. The van der Waals surface area contributed by atoms with Crippen LogP contribution in [0.1, 0.15) is 32.0 Å². The fraction of sp³-hybridized carbons (Fsp3) is 0.786. The fourth-order valence-electron chi connectivity index (χ4n) is 2.55. The van der Waals surface area contributed by atoms with Crippen molar-refractivity contribution in [3.05, 3.63) is 18.2 Å². The first-order valence-corrected chi connectivity index (χ1v) is 7.19. The van der Waals surface area contributed by atoms with Crippen molar-refractivity contribution in [3.8, 4) is 0 Å². The number of unbranched alkanes of at least 4 members (excludes halogenated alkanes) is 1. The highest BCUT2D eigenvalue weighted by Gasteiger charge is 2.20. The van der Waals surface area contributed by atoms with Gasteiger partial charge in [0.05, 0.1) is 13.2 Å². The van der Waals surface area contributed by atoms with Crippen molar-refractivity contribution in [2.24, 2.45) is 0 Å². The number of likely N-dealkylation sites (N-methyl/N-ethyl adjacent to an activating group) is 1. The molecule has 0 radical (unpaired) electrons. The summed E-state index contributed by atoms with van der Waals surface area (Å²) < 4.78 is 2.24. The van der Waals surface area contributed by atoms with Crippen molar-refractivity contribution in [2.45, 2.75) is 44.8 Å². The molecule has 1 aliphatic heterocycles. The Balaban J connectivity index is 1.67. The Morgan fingerprint density at radius 1 is 1.42 bits per heavy atom. The molecule has 2 rings (SSSR count).